The van der Waals surface area contributed by atoms with E-state index in [1.165, 1.54) is 18.0 Å². The van der Waals surface area contributed by atoms with Crippen molar-refractivity contribution in [1.29, 1.82) is 0 Å². The fraction of sp³-hybridized carbons (Fsp3) is 0.683. The molecule has 2 heterocycles. The fourth-order valence-corrected chi connectivity index (χ4v) is 8.64. The molecule has 4 N–H and O–H groups in total. The van der Waals surface area contributed by atoms with Crippen LogP contribution in [0.15, 0.2) is 30.9 Å². The zero-order valence-corrected chi connectivity index (χ0v) is 37.0. The van der Waals surface area contributed by atoms with Gasteiger partial charge in [-0.25, -0.2) is 26.1 Å². The molecule has 1 aromatic carbocycles. The van der Waals surface area contributed by atoms with Gasteiger partial charge in [0.25, 0.3) is 5.91 Å². The van der Waals surface area contributed by atoms with Gasteiger partial charge in [0.1, 0.15) is 28.9 Å². The van der Waals surface area contributed by atoms with Crippen molar-refractivity contribution in [2.75, 3.05) is 32.9 Å². The van der Waals surface area contributed by atoms with E-state index in [4.69, 9.17) is 5.11 Å². The Morgan fingerprint density at radius 1 is 1.02 bits per heavy atom. The summed E-state index contributed by atoms with van der Waals surface area (Å²) in [5.41, 5.74) is 1.27. The molecule has 2 saturated carbocycles. The van der Waals surface area contributed by atoms with Crippen LogP contribution in [0.25, 0.3) is 0 Å². The molecule has 0 spiro atoms. The van der Waals surface area contributed by atoms with Crippen LogP contribution in [0.4, 0.5) is 9.18 Å². The topological polar surface area (TPSA) is 203 Å². The van der Waals surface area contributed by atoms with Crippen molar-refractivity contribution in [3.63, 3.8) is 0 Å². The van der Waals surface area contributed by atoms with Gasteiger partial charge in [-0.2, -0.15) is 0 Å². The minimum atomic E-state index is -3.37. The lowest BCUT2D eigenvalue weighted by molar-refractivity contribution is -0.145. The number of carbonyl (C=O) groups is 5. The Kier molecular flexibility index (Phi) is 19.4. The number of fused-ring (bicyclic) bond motifs is 1. The number of halogens is 1. The van der Waals surface area contributed by atoms with E-state index >= 15 is 0 Å². The first kappa shape index (κ1) is 49.5. The van der Waals surface area contributed by atoms with Crippen molar-refractivity contribution in [1.82, 2.24) is 29.5 Å². The summed E-state index contributed by atoms with van der Waals surface area (Å²) in [6.45, 7) is 13.1. The Morgan fingerprint density at radius 2 is 1.66 bits per heavy atom. The minimum absolute atomic E-state index is 0.0109. The van der Waals surface area contributed by atoms with Crippen molar-refractivity contribution >= 4 is 50.7 Å². The highest BCUT2D eigenvalue weighted by atomic mass is 32.2. The SMILES string of the molecule is C=CC(C)C(NC(=O)C1CCCN1C(=O)C(CC(=O)NCCN(C)S(C)(=O)=O)C1CCCCC1)C(=O)NS(=O)C1CC1.CC(C)C.O=C(O)N1Cc2cccc(F)c2C1. The summed E-state index contributed by atoms with van der Waals surface area (Å²) in [6, 6.07) is 2.93. The number of nitrogens with zero attached hydrogens (tertiary/aromatic N) is 3. The Morgan fingerprint density at radius 3 is 2.22 bits per heavy atom. The molecule has 5 unspecified atom stereocenters. The van der Waals surface area contributed by atoms with Gasteiger partial charge in [-0.05, 0) is 62.0 Å². The van der Waals surface area contributed by atoms with Gasteiger partial charge >= 0.3 is 6.09 Å². The first-order chi connectivity index (χ1) is 27.7. The number of carboxylic acid groups (broad SMARTS) is 1. The van der Waals surface area contributed by atoms with Gasteiger partial charge in [0.15, 0.2) is 0 Å². The van der Waals surface area contributed by atoms with Crippen molar-refractivity contribution in [2.24, 2.45) is 23.7 Å². The largest absolute Gasteiger partial charge is 0.465 e. The quantitative estimate of drug-likeness (QED) is 0.186. The first-order valence-electron chi connectivity index (χ1n) is 20.6. The van der Waals surface area contributed by atoms with Crippen LogP contribution in [0.2, 0.25) is 0 Å². The molecule has 0 aromatic heterocycles. The third-order valence-corrected chi connectivity index (χ3v) is 13.6. The summed E-state index contributed by atoms with van der Waals surface area (Å²) < 4.78 is 52.3. The third-order valence-electron chi connectivity index (χ3n) is 10.8. The molecule has 1 aromatic rings. The highest BCUT2D eigenvalue weighted by Crippen LogP contribution is 2.35. The summed E-state index contributed by atoms with van der Waals surface area (Å²) in [5.74, 6) is -2.08. The Hall–Kier alpha value is -3.90. The molecule has 18 heteroatoms. The number of hydrogen-bond acceptors (Lipinski definition) is 8. The van der Waals surface area contributed by atoms with E-state index in [2.05, 4.69) is 42.7 Å². The van der Waals surface area contributed by atoms with Gasteiger partial charge in [-0.3, -0.25) is 28.8 Å². The predicted octanol–water partition coefficient (Wildman–Crippen LogP) is 4.30. The van der Waals surface area contributed by atoms with Gasteiger partial charge in [0, 0.05) is 57.0 Å². The molecule has 0 radical (unpaired) electrons. The molecule has 5 rings (SSSR count). The maximum Gasteiger partial charge on any atom is 0.407 e. The third kappa shape index (κ3) is 15.6. The zero-order chi connectivity index (χ0) is 44.0. The first-order valence-corrected chi connectivity index (χ1v) is 23.7. The highest BCUT2D eigenvalue weighted by molar-refractivity contribution is 7.88. The average Bonchev–Trinajstić information content (AvgIpc) is 3.74. The summed E-state index contributed by atoms with van der Waals surface area (Å²) >= 11 is 0. The number of rotatable bonds is 15. The maximum atomic E-state index is 14.0. The molecular formula is C41H65FN6O9S2. The number of carbonyl (C=O) groups excluding carboxylic acids is 4. The van der Waals surface area contributed by atoms with E-state index in [1.54, 1.807) is 30.0 Å². The monoisotopic (exact) mass is 868 g/mol. The van der Waals surface area contributed by atoms with Crippen molar-refractivity contribution < 1.29 is 46.1 Å². The zero-order valence-electron chi connectivity index (χ0n) is 35.4. The molecule has 0 bridgehead atoms. The van der Waals surface area contributed by atoms with Crippen LogP contribution >= 0.6 is 0 Å². The van der Waals surface area contributed by atoms with Crippen LogP contribution in [0.5, 0.6) is 0 Å². The second kappa shape index (κ2) is 23.2. The summed E-state index contributed by atoms with van der Waals surface area (Å²) in [5, 5.41) is 14.2. The van der Waals surface area contributed by atoms with Crippen molar-refractivity contribution in [3.8, 4) is 0 Å². The number of amides is 5. The molecule has 1 saturated heterocycles. The van der Waals surface area contributed by atoms with Gasteiger partial charge in [0.2, 0.25) is 27.7 Å². The molecule has 4 aliphatic rings. The number of hydrogen-bond donors (Lipinski definition) is 4. The second-order valence-electron chi connectivity index (χ2n) is 16.6. The molecule has 2 aliphatic carbocycles. The summed E-state index contributed by atoms with van der Waals surface area (Å²) in [7, 11) is -3.44. The normalized spacial score (nSPS) is 19.8. The van der Waals surface area contributed by atoms with Crippen LogP contribution in [-0.2, 0) is 53.3 Å². The van der Waals surface area contributed by atoms with Crippen LogP contribution in [0.1, 0.15) is 103 Å². The van der Waals surface area contributed by atoms with E-state index in [0.717, 1.165) is 67.0 Å². The highest BCUT2D eigenvalue weighted by Gasteiger charge is 2.42. The number of sulfonamides is 1. The van der Waals surface area contributed by atoms with E-state index in [0.29, 0.717) is 31.5 Å². The summed E-state index contributed by atoms with van der Waals surface area (Å²) in [6.07, 6.45) is 8.89. The van der Waals surface area contributed by atoms with E-state index in [-0.39, 0.29) is 54.9 Å². The molecule has 59 heavy (non-hydrogen) atoms. The van der Waals surface area contributed by atoms with Crippen LogP contribution in [0.3, 0.4) is 0 Å². The van der Waals surface area contributed by atoms with E-state index < -0.39 is 62.8 Å². The van der Waals surface area contributed by atoms with E-state index in [1.807, 2.05) is 0 Å². The molecule has 2 aliphatic heterocycles. The smallest absolute Gasteiger partial charge is 0.407 e. The maximum absolute atomic E-state index is 14.0. The van der Waals surface area contributed by atoms with E-state index in [9.17, 15) is 41.0 Å². The van der Waals surface area contributed by atoms with Crippen LogP contribution in [0, 0.1) is 29.5 Å². The second-order valence-corrected chi connectivity index (χ2v) is 20.2. The minimum Gasteiger partial charge on any atom is -0.465 e. The number of nitrogens with one attached hydrogen (secondary N) is 3. The lowest BCUT2D eigenvalue weighted by atomic mass is 9.77. The number of likely N-dealkylation sites (N-methyl/N-ethyl adjacent to an activating group) is 1. The predicted molar refractivity (Wildman–Crippen MR) is 225 cm³/mol. The van der Waals surface area contributed by atoms with Crippen molar-refractivity contribution in [2.45, 2.75) is 122 Å². The van der Waals surface area contributed by atoms with Crippen molar-refractivity contribution in [3.05, 3.63) is 47.8 Å². The van der Waals surface area contributed by atoms with Gasteiger partial charge < -0.3 is 20.6 Å². The molecule has 3 fully saturated rings. The molecule has 332 valence electrons. The number of benzene rings is 1. The fourth-order valence-electron chi connectivity index (χ4n) is 7.16. The van der Waals surface area contributed by atoms with Crippen LogP contribution in [-0.4, -0.2) is 112 Å². The molecule has 5 amide bonds. The summed E-state index contributed by atoms with van der Waals surface area (Å²) in [4.78, 5) is 66.7. The standard InChI is InChI=1S/C28H47N5O7S2.C9H8FNO2.C4H10/c1-5-19(2)25(27(36)31-41(38)21-13-14-21)30-26(35)23-12-9-16-33(23)28(37)22(20-10-7-6-8-11-20)18-24(34)29-15-17-32(3)42(4,39)40;10-8-3-1-2-6-4-11(9(12)13)5-7(6)8;1-4(2)3/h5,19-23,25H,1,6-18H2,2-4H3,(H,29,34)(H,30,35)(H,31,36);1-3H,4-5H2,(H,12,13);4H,1-3H3. The lowest BCUT2D eigenvalue weighted by Gasteiger charge is -2.34. The Bertz CT molecular complexity index is 1770. The van der Waals surface area contributed by atoms with Gasteiger partial charge in [-0.15, -0.1) is 6.58 Å². The average molecular weight is 869 g/mol. The van der Waals surface area contributed by atoms with Gasteiger partial charge in [0.05, 0.1) is 18.1 Å². The Labute approximate surface area is 351 Å². The Balaban J connectivity index is 0.000000449. The molecular weight excluding hydrogens is 804 g/mol. The van der Waals surface area contributed by atoms with Crippen LogP contribution < -0.4 is 15.4 Å². The number of likely N-dealkylation sites (tertiary alicyclic amines) is 1. The molecule has 5 atom stereocenters. The molecule has 15 nitrogen and oxygen atoms in total. The lowest BCUT2D eigenvalue weighted by Crippen LogP contribution is -2.56. The van der Waals surface area contributed by atoms with Gasteiger partial charge in [-0.1, -0.05) is 65.2 Å².